The molecular weight excluding hydrogens is 527 g/mol. The Bertz CT molecular complexity index is 1540. The van der Waals surface area contributed by atoms with Crippen molar-refractivity contribution in [1.82, 2.24) is 24.7 Å². The monoisotopic (exact) mass is 554 g/mol. The van der Waals surface area contributed by atoms with Crippen molar-refractivity contribution in [2.45, 2.75) is 13.0 Å². The number of nitrogens with two attached hydrogens (primary N) is 1. The van der Waals surface area contributed by atoms with Crippen LogP contribution in [0.1, 0.15) is 29.9 Å². The fraction of sp³-hybridized carbons (Fsp3) is 0.200. The number of nitrogens with one attached hydrogen (secondary N) is 3. The van der Waals surface area contributed by atoms with Gasteiger partial charge in [-0.05, 0) is 36.4 Å². The Hall–Kier alpha value is -5.47. The van der Waals surface area contributed by atoms with Gasteiger partial charge in [0, 0.05) is 36.1 Å². The quantitative estimate of drug-likeness (QED) is 0.150. The lowest BCUT2D eigenvalue weighted by Gasteiger charge is -2.22. The van der Waals surface area contributed by atoms with Crippen LogP contribution in [0.15, 0.2) is 53.6 Å². The molecule has 0 aliphatic rings. The van der Waals surface area contributed by atoms with Crippen LogP contribution in [0.25, 0.3) is 5.95 Å². The maximum absolute atomic E-state index is 15.8. The van der Waals surface area contributed by atoms with Gasteiger partial charge < -0.3 is 30.4 Å². The molecule has 40 heavy (non-hydrogen) atoms. The number of rotatable bonds is 9. The lowest BCUT2D eigenvalue weighted by molar-refractivity contribution is -0.134. The standard InChI is InChI=1S/C23H23FN8O4.C2H4O2/c1-34-15-11-14(16(24)19(36-3)18(15)35-2)17(29-13-7-5-12(6-8-13)20(25)26)21-30-23(33)32(31-21)22-27-9-4-10-28-22;1-2(3)4/h4-11,17,29H,1-3H3,(H3,25,26)(H,30,31,33);1H3,(H,3,4). The van der Waals surface area contributed by atoms with E-state index in [1.54, 1.807) is 30.3 Å². The second kappa shape index (κ2) is 12.9. The molecule has 0 saturated carbocycles. The lowest BCUT2D eigenvalue weighted by atomic mass is 10.0. The third-order valence-corrected chi connectivity index (χ3v) is 5.27. The molecule has 6 N–H and O–H groups in total. The molecule has 0 bridgehead atoms. The number of methoxy groups -OCH3 is 3. The number of nitrogen functional groups attached to an aromatic ring is 1. The first-order chi connectivity index (χ1) is 19.1. The molecule has 0 amide bonds. The summed E-state index contributed by atoms with van der Waals surface area (Å²) in [4.78, 5) is 32.5. The van der Waals surface area contributed by atoms with E-state index in [0.29, 0.717) is 11.3 Å². The van der Waals surface area contributed by atoms with Crippen LogP contribution in [0, 0.1) is 11.2 Å². The normalized spacial score (nSPS) is 11.0. The smallest absolute Gasteiger partial charge is 0.350 e. The second-order valence-electron chi connectivity index (χ2n) is 7.91. The highest BCUT2D eigenvalue weighted by atomic mass is 19.1. The number of H-pyrrole nitrogens is 1. The molecule has 0 spiro atoms. The lowest BCUT2D eigenvalue weighted by Crippen LogP contribution is -2.18. The number of halogens is 1. The Labute approximate surface area is 227 Å². The van der Waals surface area contributed by atoms with Gasteiger partial charge in [0.1, 0.15) is 11.9 Å². The van der Waals surface area contributed by atoms with E-state index >= 15 is 4.39 Å². The van der Waals surface area contributed by atoms with Crippen molar-refractivity contribution in [2.75, 3.05) is 26.6 Å². The summed E-state index contributed by atoms with van der Waals surface area (Å²) in [6.07, 6.45) is 2.93. The van der Waals surface area contributed by atoms with Crippen molar-refractivity contribution in [1.29, 1.82) is 5.41 Å². The van der Waals surface area contributed by atoms with Crippen LogP contribution in [0.4, 0.5) is 10.1 Å². The van der Waals surface area contributed by atoms with Gasteiger partial charge in [0.15, 0.2) is 17.4 Å². The summed E-state index contributed by atoms with van der Waals surface area (Å²) in [6, 6.07) is 8.58. The third kappa shape index (κ3) is 6.50. The van der Waals surface area contributed by atoms with Crippen LogP contribution in [0.2, 0.25) is 0 Å². The number of benzene rings is 2. The zero-order valence-corrected chi connectivity index (χ0v) is 21.9. The first-order valence-electron chi connectivity index (χ1n) is 11.5. The molecule has 2 heterocycles. The van der Waals surface area contributed by atoms with Crippen LogP contribution in [-0.2, 0) is 4.79 Å². The molecule has 14 nitrogen and oxygen atoms in total. The molecule has 15 heteroatoms. The summed E-state index contributed by atoms with van der Waals surface area (Å²) in [5.74, 6) is -1.48. The fourth-order valence-corrected chi connectivity index (χ4v) is 3.56. The van der Waals surface area contributed by atoms with E-state index in [0.717, 1.165) is 11.6 Å². The van der Waals surface area contributed by atoms with Gasteiger partial charge in [-0.15, -0.1) is 9.78 Å². The van der Waals surface area contributed by atoms with Crippen molar-refractivity contribution in [3.05, 3.63) is 82.0 Å². The van der Waals surface area contributed by atoms with Gasteiger partial charge >= 0.3 is 5.69 Å². The number of hydrogen-bond donors (Lipinski definition) is 5. The number of carboxylic acid groups (broad SMARTS) is 1. The van der Waals surface area contributed by atoms with Crippen molar-refractivity contribution in [3.63, 3.8) is 0 Å². The first kappa shape index (κ1) is 29.1. The minimum Gasteiger partial charge on any atom is -0.493 e. The Kier molecular flexibility index (Phi) is 9.35. The molecule has 1 atom stereocenters. The van der Waals surface area contributed by atoms with Gasteiger partial charge in [0.05, 0.1) is 21.3 Å². The van der Waals surface area contributed by atoms with E-state index in [2.05, 4.69) is 25.4 Å². The number of anilines is 1. The molecular formula is C25H27FN8O6. The summed E-state index contributed by atoms with van der Waals surface area (Å²) in [5.41, 5.74) is 6.01. The number of nitrogens with zero attached hydrogens (tertiary/aromatic N) is 4. The van der Waals surface area contributed by atoms with E-state index in [1.165, 1.54) is 39.8 Å². The number of hydrogen-bond acceptors (Lipinski definition) is 10. The maximum atomic E-state index is 15.8. The van der Waals surface area contributed by atoms with Crippen LogP contribution in [0.3, 0.4) is 0 Å². The largest absolute Gasteiger partial charge is 0.493 e. The third-order valence-electron chi connectivity index (χ3n) is 5.27. The molecule has 2 aromatic heterocycles. The average molecular weight is 555 g/mol. The highest BCUT2D eigenvalue weighted by Gasteiger charge is 2.29. The number of amidine groups is 1. The van der Waals surface area contributed by atoms with Crippen molar-refractivity contribution in [2.24, 2.45) is 5.73 Å². The predicted molar refractivity (Wildman–Crippen MR) is 142 cm³/mol. The number of carbonyl (C=O) groups is 1. The minimum absolute atomic E-state index is 0.0416. The highest BCUT2D eigenvalue weighted by molar-refractivity contribution is 5.95. The molecule has 0 saturated heterocycles. The number of aromatic amines is 1. The zero-order chi connectivity index (χ0) is 29.4. The number of aliphatic carboxylic acids is 1. The van der Waals surface area contributed by atoms with E-state index in [4.69, 9.17) is 35.3 Å². The van der Waals surface area contributed by atoms with Gasteiger partial charge in [-0.1, -0.05) is 0 Å². The number of ether oxygens (including phenoxy) is 3. The summed E-state index contributed by atoms with van der Waals surface area (Å²) in [6.45, 7) is 1.08. The second-order valence-corrected chi connectivity index (χ2v) is 7.91. The van der Waals surface area contributed by atoms with Crippen LogP contribution >= 0.6 is 0 Å². The Balaban J connectivity index is 0.00000103. The molecule has 4 aromatic rings. The summed E-state index contributed by atoms with van der Waals surface area (Å²) in [5, 5.41) is 22.5. The summed E-state index contributed by atoms with van der Waals surface area (Å²) >= 11 is 0. The molecule has 1 unspecified atom stereocenters. The van der Waals surface area contributed by atoms with Gasteiger partial charge in [-0.2, -0.15) is 0 Å². The van der Waals surface area contributed by atoms with E-state index in [9.17, 15) is 4.79 Å². The van der Waals surface area contributed by atoms with E-state index < -0.39 is 23.5 Å². The summed E-state index contributed by atoms with van der Waals surface area (Å²) < 4.78 is 32.7. The van der Waals surface area contributed by atoms with Gasteiger partial charge in [0.2, 0.25) is 11.5 Å². The number of carboxylic acids is 1. The molecule has 0 fully saturated rings. The van der Waals surface area contributed by atoms with Crippen LogP contribution in [-0.4, -0.2) is 63.0 Å². The van der Waals surface area contributed by atoms with E-state index in [-0.39, 0.29) is 40.4 Å². The van der Waals surface area contributed by atoms with Gasteiger partial charge in [-0.3, -0.25) is 15.2 Å². The first-order valence-corrected chi connectivity index (χ1v) is 11.5. The molecule has 210 valence electrons. The zero-order valence-electron chi connectivity index (χ0n) is 21.9. The molecule has 0 radical (unpaired) electrons. The molecule has 4 rings (SSSR count). The molecule has 0 aliphatic heterocycles. The molecule has 2 aromatic carbocycles. The predicted octanol–water partition coefficient (Wildman–Crippen LogP) is 2.09. The molecule has 0 aliphatic carbocycles. The topological polar surface area (TPSA) is 203 Å². The van der Waals surface area contributed by atoms with Crippen molar-refractivity contribution < 1.29 is 28.5 Å². The average Bonchev–Trinajstić information content (AvgIpc) is 3.33. The van der Waals surface area contributed by atoms with Gasteiger partial charge in [0.25, 0.3) is 11.9 Å². The Morgan fingerprint density at radius 2 is 1.73 bits per heavy atom. The van der Waals surface area contributed by atoms with Crippen LogP contribution in [0.5, 0.6) is 17.2 Å². The SMILES string of the molecule is CC(=O)O.COc1cc(C(Nc2ccc(C(=N)N)cc2)c2nn(-c3ncccn3)c(=O)[nH]2)c(F)c(OC)c1OC. The minimum atomic E-state index is -1.03. The number of aromatic nitrogens is 5. The Morgan fingerprint density at radius 3 is 2.25 bits per heavy atom. The van der Waals surface area contributed by atoms with Gasteiger partial charge in [-0.25, -0.2) is 19.2 Å². The van der Waals surface area contributed by atoms with Crippen LogP contribution < -0.4 is 31.0 Å². The fourth-order valence-electron chi connectivity index (χ4n) is 3.56. The van der Waals surface area contributed by atoms with Crippen molar-refractivity contribution >= 4 is 17.5 Å². The highest BCUT2D eigenvalue weighted by Crippen LogP contribution is 2.43. The summed E-state index contributed by atoms with van der Waals surface area (Å²) in [7, 11) is 4.08. The maximum Gasteiger partial charge on any atom is 0.350 e. The van der Waals surface area contributed by atoms with E-state index in [1.807, 2.05) is 0 Å². The van der Waals surface area contributed by atoms with Crippen molar-refractivity contribution in [3.8, 4) is 23.2 Å². The Morgan fingerprint density at radius 1 is 1.12 bits per heavy atom.